The quantitative estimate of drug-likeness (QED) is 0.726. The fourth-order valence-corrected chi connectivity index (χ4v) is 3.00. The van der Waals surface area contributed by atoms with Crippen molar-refractivity contribution in [3.63, 3.8) is 0 Å². The van der Waals surface area contributed by atoms with Gasteiger partial charge in [-0.25, -0.2) is 4.79 Å². The first kappa shape index (κ1) is 20.4. The van der Waals surface area contributed by atoms with Crippen LogP contribution in [0, 0.1) is 6.92 Å². The predicted octanol–water partition coefficient (Wildman–Crippen LogP) is 3.32. The molecule has 1 N–H and O–H groups in total. The fourth-order valence-electron chi connectivity index (χ4n) is 3.00. The molecule has 1 heterocycles. The molecular formula is C22H24N2O5. The average Bonchev–Trinajstić information content (AvgIpc) is 2.71. The molecule has 7 heteroatoms. The summed E-state index contributed by atoms with van der Waals surface area (Å²) in [4.78, 5) is 38.2. The minimum absolute atomic E-state index is 0.0421. The molecule has 1 aliphatic heterocycles. The van der Waals surface area contributed by atoms with Crippen molar-refractivity contribution in [1.29, 1.82) is 0 Å². The first-order chi connectivity index (χ1) is 14.0. The topological polar surface area (TPSA) is 84.9 Å². The summed E-state index contributed by atoms with van der Waals surface area (Å²) in [7, 11) is 0. The predicted molar refractivity (Wildman–Crippen MR) is 109 cm³/mol. The van der Waals surface area contributed by atoms with E-state index in [4.69, 9.17) is 9.47 Å². The number of nitrogens with one attached hydrogen (secondary N) is 1. The Hall–Kier alpha value is -3.35. The van der Waals surface area contributed by atoms with E-state index in [1.165, 1.54) is 0 Å². The van der Waals surface area contributed by atoms with E-state index in [0.29, 0.717) is 29.3 Å². The van der Waals surface area contributed by atoms with Gasteiger partial charge in [-0.1, -0.05) is 19.1 Å². The summed E-state index contributed by atoms with van der Waals surface area (Å²) in [6.45, 7) is 4.40. The molecule has 152 valence electrons. The van der Waals surface area contributed by atoms with Crippen LogP contribution in [0.15, 0.2) is 42.5 Å². The number of carbonyl (C=O) groups excluding carboxylic acids is 3. The Labute approximate surface area is 169 Å². The van der Waals surface area contributed by atoms with Gasteiger partial charge in [0.15, 0.2) is 6.61 Å². The number of esters is 1. The summed E-state index contributed by atoms with van der Waals surface area (Å²) in [6.07, 6.45) is 0.856. The van der Waals surface area contributed by atoms with Crippen LogP contribution in [0.2, 0.25) is 0 Å². The fraction of sp³-hybridized carbons (Fsp3) is 0.318. The highest BCUT2D eigenvalue weighted by Gasteiger charge is 2.25. The summed E-state index contributed by atoms with van der Waals surface area (Å²) in [6, 6.07) is 12.2. The number of aryl methyl sites for hydroxylation is 1. The van der Waals surface area contributed by atoms with Gasteiger partial charge in [-0.15, -0.1) is 0 Å². The second kappa shape index (κ2) is 9.23. The Balaban J connectivity index is 1.62. The molecule has 0 spiro atoms. The third kappa shape index (κ3) is 5.13. The number of benzene rings is 2. The Bertz CT molecular complexity index is 925. The van der Waals surface area contributed by atoms with Crippen molar-refractivity contribution in [3.05, 3.63) is 53.6 Å². The number of fused-ring (bicyclic) bond motifs is 1. The van der Waals surface area contributed by atoms with Crippen LogP contribution in [0.1, 0.15) is 35.7 Å². The number of hydrogen-bond donors (Lipinski definition) is 1. The molecule has 0 aliphatic carbocycles. The van der Waals surface area contributed by atoms with Crippen molar-refractivity contribution in [2.45, 2.75) is 26.7 Å². The molecule has 0 saturated carbocycles. The summed E-state index contributed by atoms with van der Waals surface area (Å²) >= 11 is 0. The Morgan fingerprint density at radius 1 is 1.21 bits per heavy atom. The van der Waals surface area contributed by atoms with Gasteiger partial charge in [-0.05, 0) is 49.2 Å². The largest absolute Gasteiger partial charge is 0.482 e. The van der Waals surface area contributed by atoms with Gasteiger partial charge >= 0.3 is 5.97 Å². The van der Waals surface area contributed by atoms with Gasteiger partial charge in [-0.3, -0.25) is 9.59 Å². The molecule has 2 aromatic rings. The molecular weight excluding hydrogens is 372 g/mol. The summed E-state index contributed by atoms with van der Waals surface area (Å²) in [5.41, 5.74) is 2.56. The lowest BCUT2D eigenvalue weighted by molar-refractivity contribution is -0.121. The zero-order valence-electron chi connectivity index (χ0n) is 16.6. The number of anilines is 2. The molecule has 0 saturated heterocycles. The third-order valence-corrected chi connectivity index (χ3v) is 4.44. The minimum Gasteiger partial charge on any atom is -0.482 e. The molecule has 0 aromatic heterocycles. The van der Waals surface area contributed by atoms with Crippen LogP contribution in [0.3, 0.4) is 0 Å². The van der Waals surface area contributed by atoms with E-state index >= 15 is 0 Å². The highest BCUT2D eigenvalue weighted by Crippen LogP contribution is 2.32. The van der Waals surface area contributed by atoms with Crippen molar-refractivity contribution in [3.8, 4) is 5.75 Å². The van der Waals surface area contributed by atoms with Crippen molar-refractivity contribution < 1.29 is 23.9 Å². The molecule has 2 amide bonds. The molecule has 0 radical (unpaired) electrons. The zero-order chi connectivity index (χ0) is 20.8. The van der Waals surface area contributed by atoms with E-state index < -0.39 is 5.97 Å². The van der Waals surface area contributed by atoms with Crippen molar-refractivity contribution >= 4 is 29.2 Å². The van der Waals surface area contributed by atoms with Crippen LogP contribution in [-0.2, 0) is 14.3 Å². The van der Waals surface area contributed by atoms with Crippen LogP contribution in [0.4, 0.5) is 11.4 Å². The van der Waals surface area contributed by atoms with Gasteiger partial charge in [0.2, 0.25) is 5.91 Å². The summed E-state index contributed by atoms with van der Waals surface area (Å²) < 4.78 is 10.6. The first-order valence-corrected chi connectivity index (χ1v) is 9.59. The normalized spacial score (nSPS) is 12.8. The van der Waals surface area contributed by atoms with Gasteiger partial charge in [0.25, 0.3) is 5.91 Å². The van der Waals surface area contributed by atoms with Crippen molar-refractivity contribution in [2.75, 3.05) is 30.0 Å². The molecule has 1 aliphatic rings. The number of ether oxygens (including phenoxy) is 2. The molecule has 3 rings (SSSR count). The maximum atomic E-state index is 12.4. The Kier molecular flexibility index (Phi) is 6.49. The molecule has 0 atom stereocenters. The first-order valence-electron chi connectivity index (χ1n) is 9.59. The summed E-state index contributed by atoms with van der Waals surface area (Å²) in [5.74, 6) is -0.225. The molecule has 0 unspecified atom stereocenters. The zero-order valence-corrected chi connectivity index (χ0v) is 16.6. The molecule has 2 aromatic carbocycles. The van der Waals surface area contributed by atoms with Crippen LogP contribution >= 0.6 is 0 Å². The van der Waals surface area contributed by atoms with Crippen LogP contribution in [-0.4, -0.2) is 37.5 Å². The van der Waals surface area contributed by atoms with E-state index in [2.05, 4.69) is 5.32 Å². The number of rotatable bonds is 7. The average molecular weight is 396 g/mol. The number of amides is 2. The Morgan fingerprint density at radius 2 is 2.03 bits per heavy atom. The number of nitrogens with zero attached hydrogens (tertiary/aromatic N) is 1. The minimum atomic E-state index is -0.422. The second-order valence-corrected chi connectivity index (χ2v) is 6.82. The number of hydrogen-bond acceptors (Lipinski definition) is 5. The summed E-state index contributed by atoms with van der Waals surface area (Å²) in [5, 5.41) is 2.77. The van der Waals surface area contributed by atoms with E-state index in [1.54, 1.807) is 29.2 Å². The monoisotopic (exact) mass is 396 g/mol. The van der Waals surface area contributed by atoms with E-state index in [1.807, 2.05) is 32.0 Å². The van der Waals surface area contributed by atoms with Gasteiger partial charge in [-0.2, -0.15) is 0 Å². The van der Waals surface area contributed by atoms with Crippen molar-refractivity contribution in [1.82, 2.24) is 0 Å². The highest BCUT2D eigenvalue weighted by atomic mass is 16.5. The van der Waals surface area contributed by atoms with E-state index in [9.17, 15) is 14.4 Å². The highest BCUT2D eigenvalue weighted by molar-refractivity contribution is 5.99. The van der Waals surface area contributed by atoms with Gasteiger partial charge < -0.3 is 19.7 Å². The molecule has 29 heavy (non-hydrogen) atoms. The lowest BCUT2D eigenvalue weighted by Crippen LogP contribution is -2.40. The van der Waals surface area contributed by atoms with Crippen LogP contribution < -0.4 is 15.0 Å². The second-order valence-electron chi connectivity index (χ2n) is 6.82. The van der Waals surface area contributed by atoms with E-state index in [-0.39, 0.29) is 31.4 Å². The van der Waals surface area contributed by atoms with Gasteiger partial charge in [0.05, 0.1) is 17.9 Å². The lowest BCUT2D eigenvalue weighted by atomic mass is 10.1. The number of carbonyl (C=O) groups is 3. The van der Waals surface area contributed by atoms with Crippen LogP contribution in [0.25, 0.3) is 0 Å². The van der Waals surface area contributed by atoms with Gasteiger partial charge in [0.1, 0.15) is 5.75 Å². The van der Waals surface area contributed by atoms with Crippen molar-refractivity contribution in [2.24, 2.45) is 0 Å². The van der Waals surface area contributed by atoms with Gasteiger partial charge in [0, 0.05) is 18.7 Å². The maximum absolute atomic E-state index is 12.4. The molecule has 0 bridgehead atoms. The Morgan fingerprint density at radius 3 is 2.83 bits per heavy atom. The molecule has 0 fully saturated rings. The maximum Gasteiger partial charge on any atom is 0.338 e. The third-order valence-electron chi connectivity index (χ3n) is 4.44. The van der Waals surface area contributed by atoms with E-state index in [0.717, 1.165) is 12.0 Å². The lowest BCUT2D eigenvalue weighted by Gasteiger charge is -2.29. The molecule has 7 nitrogen and oxygen atoms in total. The SMILES string of the molecule is CCCOC(=O)c1cccc(NC(=O)CCN2C(=O)COc3ccc(C)cc32)c1. The smallest absolute Gasteiger partial charge is 0.338 e. The van der Waals surface area contributed by atoms with Crippen LogP contribution in [0.5, 0.6) is 5.75 Å². The standard InChI is InChI=1S/C22H24N2O5/c1-3-11-28-22(27)16-5-4-6-17(13-16)23-20(25)9-10-24-18-12-15(2)7-8-19(18)29-14-21(24)26/h4-8,12-13H,3,9-11,14H2,1-2H3,(H,23,25).